The molecule has 0 spiro atoms. The maximum Gasteiger partial charge on any atom is 0.248 e. The highest BCUT2D eigenvalue weighted by Gasteiger charge is 2.45. The zero-order chi connectivity index (χ0) is 22.9. The summed E-state index contributed by atoms with van der Waals surface area (Å²) in [6.45, 7) is 5.67. The van der Waals surface area contributed by atoms with Crippen molar-refractivity contribution in [1.82, 2.24) is 29.5 Å². The molecule has 1 aromatic rings. The van der Waals surface area contributed by atoms with Crippen molar-refractivity contribution in [1.29, 1.82) is 0 Å². The molecule has 11 nitrogen and oxygen atoms in total. The van der Waals surface area contributed by atoms with Crippen molar-refractivity contribution in [2.24, 2.45) is 5.41 Å². The number of nitrogens with one attached hydrogen (secondary N) is 1. The highest BCUT2D eigenvalue weighted by molar-refractivity contribution is 7.89. The van der Waals surface area contributed by atoms with Gasteiger partial charge in [-0.2, -0.15) is 0 Å². The second-order valence-electron chi connectivity index (χ2n) is 8.82. The molecule has 2 heterocycles. The quantitative estimate of drug-likeness (QED) is 0.550. The van der Waals surface area contributed by atoms with Crippen LogP contribution >= 0.6 is 0 Å². The zero-order valence-corrected chi connectivity index (χ0v) is 19.2. The second kappa shape index (κ2) is 8.98. The van der Waals surface area contributed by atoms with Gasteiger partial charge in [0, 0.05) is 46.7 Å². The van der Waals surface area contributed by atoms with Crippen molar-refractivity contribution in [2.45, 2.75) is 51.8 Å². The van der Waals surface area contributed by atoms with E-state index in [0.29, 0.717) is 5.69 Å². The van der Waals surface area contributed by atoms with Gasteiger partial charge in [0.1, 0.15) is 12.1 Å². The number of nitrogens with zero attached hydrogens (tertiary/aromatic N) is 5. The van der Waals surface area contributed by atoms with Gasteiger partial charge in [0.05, 0.1) is 17.6 Å². The van der Waals surface area contributed by atoms with E-state index in [9.17, 15) is 23.1 Å². The van der Waals surface area contributed by atoms with Crippen LogP contribution in [-0.2, 0) is 26.0 Å². The van der Waals surface area contributed by atoms with Gasteiger partial charge in [0.15, 0.2) is 0 Å². The van der Waals surface area contributed by atoms with Crippen LogP contribution in [0.4, 0.5) is 0 Å². The number of hydrogen-bond acceptors (Lipinski definition) is 7. The Hall–Kier alpha value is -2.05. The molecule has 0 radical (unpaired) electrons. The number of β-amino-alcohol motifs (C(OH)–C–C–N with tert-alkyl or cyclic N) is 1. The Kier molecular flexibility index (Phi) is 7.25. The predicted octanol–water partition coefficient (Wildman–Crippen LogP) is -0.993. The molecular weight excluding hydrogens is 412 g/mol. The van der Waals surface area contributed by atoms with Crippen LogP contribution in [0.15, 0.2) is 6.20 Å². The minimum absolute atomic E-state index is 0.0616. The Bertz CT molecular complexity index is 876. The van der Waals surface area contributed by atoms with Gasteiger partial charge in [-0.1, -0.05) is 26.0 Å². The summed E-state index contributed by atoms with van der Waals surface area (Å²) in [6, 6.07) is -1.53. The summed E-state index contributed by atoms with van der Waals surface area (Å²) in [7, 11) is 1.04. The molecule has 0 unspecified atom stereocenters. The maximum atomic E-state index is 13.4. The molecule has 1 aliphatic rings. The monoisotopic (exact) mass is 444 g/mol. The van der Waals surface area contributed by atoms with E-state index in [2.05, 4.69) is 15.6 Å². The number of likely N-dealkylation sites (N-methyl/N-ethyl adjacent to an activating group) is 1. The molecule has 1 fully saturated rings. The van der Waals surface area contributed by atoms with Crippen molar-refractivity contribution in [3.63, 3.8) is 0 Å². The largest absolute Gasteiger partial charge is 0.391 e. The van der Waals surface area contributed by atoms with Crippen LogP contribution in [0.1, 0.15) is 38.9 Å². The third-order valence-corrected chi connectivity index (χ3v) is 6.99. The number of rotatable bonds is 7. The number of aliphatic hydroxyl groups is 1. The van der Waals surface area contributed by atoms with Gasteiger partial charge in [0.25, 0.3) is 0 Å². The number of amides is 2. The fraction of sp³-hybridized carbons (Fsp3) is 0.778. The van der Waals surface area contributed by atoms with Crippen LogP contribution < -0.4 is 5.32 Å². The Morgan fingerprint density at radius 1 is 1.37 bits per heavy atom. The molecule has 2 amide bonds. The summed E-state index contributed by atoms with van der Waals surface area (Å²) in [5, 5.41) is 20.7. The summed E-state index contributed by atoms with van der Waals surface area (Å²) in [5.74, 6) is -0.796. The lowest BCUT2D eigenvalue weighted by Gasteiger charge is -2.34. The molecule has 0 saturated carbocycles. The van der Waals surface area contributed by atoms with Crippen LogP contribution in [0, 0.1) is 5.41 Å². The summed E-state index contributed by atoms with van der Waals surface area (Å²) in [6.07, 6.45) is 1.13. The van der Waals surface area contributed by atoms with Gasteiger partial charge in [0.2, 0.25) is 21.8 Å². The van der Waals surface area contributed by atoms with Crippen molar-refractivity contribution >= 4 is 21.8 Å². The predicted molar refractivity (Wildman–Crippen MR) is 110 cm³/mol. The number of aryl methyl sites for hydroxylation is 1. The normalized spacial score (nSPS) is 21.1. The topological polar surface area (TPSA) is 138 Å². The van der Waals surface area contributed by atoms with Crippen LogP contribution in [-0.4, -0.2) is 95.1 Å². The number of sulfonamides is 1. The van der Waals surface area contributed by atoms with Gasteiger partial charge >= 0.3 is 0 Å². The highest BCUT2D eigenvalue weighted by atomic mass is 32.2. The number of aliphatic hydroxyl groups excluding tert-OH is 1. The fourth-order valence-electron chi connectivity index (χ4n) is 3.48. The standard InChI is InChI=1S/C18H32N6O5S/c1-18(2,3)15(17(27)23-11-13(25)9-14(23)16(26)19-4)24-10-12(20-21-24)7-8-30(28,29)22(5)6/h10,13-15,25H,7-9,11H2,1-6H3,(H,19,26)/t13-,14+,15-/m1/s1. The summed E-state index contributed by atoms with van der Waals surface area (Å²) < 4.78 is 26.6. The van der Waals surface area contributed by atoms with E-state index in [0.717, 1.165) is 4.31 Å². The summed E-state index contributed by atoms with van der Waals surface area (Å²) in [4.78, 5) is 27.0. The average molecular weight is 445 g/mol. The van der Waals surface area contributed by atoms with Crippen molar-refractivity contribution in [2.75, 3.05) is 33.4 Å². The molecule has 170 valence electrons. The fourth-order valence-corrected chi connectivity index (χ4v) is 4.31. The molecule has 1 aromatic heterocycles. The lowest BCUT2D eigenvalue weighted by Crippen LogP contribution is -2.49. The van der Waals surface area contributed by atoms with Gasteiger partial charge in [-0.05, 0) is 5.41 Å². The lowest BCUT2D eigenvalue weighted by molar-refractivity contribution is -0.144. The number of carbonyl (C=O) groups excluding carboxylic acids is 2. The number of hydrogen-bond donors (Lipinski definition) is 2. The first-order valence-electron chi connectivity index (χ1n) is 9.79. The minimum atomic E-state index is -3.38. The lowest BCUT2D eigenvalue weighted by atomic mass is 9.85. The molecule has 0 aliphatic carbocycles. The summed E-state index contributed by atoms with van der Waals surface area (Å²) >= 11 is 0. The Balaban J connectivity index is 2.28. The highest BCUT2D eigenvalue weighted by Crippen LogP contribution is 2.34. The molecule has 2 rings (SSSR count). The Morgan fingerprint density at radius 2 is 2.00 bits per heavy atom. The first kappa shape index (κ1) is 24.2. The Morgan fingerprint density at radius 3 is 2.53 bits per heavy atom. The molecule has 0 bridgehead atoms. The molecule has 3 atom stereocenters. The third kappa shape index (κ3) is 5.35. The van der Waals surface area contributed by atoms with E-state index in [1.165, 1.54) is 30.7 Å². The third-order valence-electron chi connectivity index (χ3n) is 5.16. The number of likely N-dealkylation sites (tertiary alicyclic amines) is 1. The van der Waals surface area contributed by atoms with Gasteiger partial charge < -0.3 is 15.3 Å². The summed E-state index contributed by atoms with van der Waals surface area (Å²) in [5.41, 5.74) is -0.120. The second-order valence-corrected chi connectivity index (χ2v) is 11.1. The van der Waals surface area contributed by atoms with Crippen molar-refractivity contribution in [3.8, 4) is 0 Å². The molecule has 0 aromatic carbocycles. The number of carbonyl (C=O) groups is 2. The molecule has 30 heavy (non-hydrogen) atoms. The van der Waals surface area contributed by atoms with Crippen molar-refractivity contribution in [3.05, 3.63) is 11.9 Å². The average Bonchev–Trinajstić information content (AvgIpc) is 3.24. The SMILES string of the molecule is CNC(=O)[C@@H]1C[C@@H](O)CN1C(=O)[C@@H](n1cc(CCS(=O)(=O)N(C)C)nn1)C(C)(C)C. The van der Waals surface area contributed by atoms with Crippen LogP contribution in [0.25, 0.3) is 0 Å². The van der Waals surface area contributed by atoms with Gasteiger partial charge in [-0.15, -0.1) is 5.10 Å². The Labute approximate surface area is 177 Å². The zero-order valence-electron chi connectivity index (χ0n) is 18.4. The van der Waals surface area contributed by atoms with Gasteiger partial charge in [-0.3, -0.25) is 9.59 Å². The smallest absolute Gasteiger partial charge is 0.248 e. The molecular formula is C18H32N6O5S. The number of aromatic nitrogens is 3. The van der Waals surface area contributed by atoms with Crippen LogP contribution in [0.3, 0.4) is 0 Å². The molecule has 1 aliphatic heterocycles. The van der Waals surface area contributed by atoms with E-state index < -0.39 is 33.6 Å². The van der Waals surface area contributed by atoms with E-state index in [-0.39, 0.29) is 37.0 Å². The first-order valence-corrected chi connectivity index (χ1v) is 11.4. The van der Waals surface area contributed by atoms with Crippen LogP contribution in [0.2, 0.25) is 0 Å². The van der Waals surface area contributed by atoms with Crippen LogP contribution in [0.5, 0.6) is 0 Å². The van der Waals surface area contributed by atoms with E-state index in [1.54, 1.807) is 6.20 Å². The molecule has 2 N–H and O–H groups in total. The van der Waals surface area contributed by atoms with E-state index in [1.807, 2.05) is 20.8 Å². The van der Waals surface area contributed by atoms with E-state index in [4.69, 9.17) is 0 Å². The van der Waals surface area contributed by atoms with E-state index >= 15 is 0 Å². The molecule has 1 saturated heterocycles. The van der Waals surface area contributed by atoms with Gasteiger partial charge in [-0.25, -0.2) is 17.4 Å². The minimum Gasteiger partial charge on any atom is -0.391 e. The first-order chi connectivity index (χ1) is 13.8. The molecule has 12 heteroatoms. The maximum absolute atomic E-state index is 13.4. The van der Waals surface area contributed by atoms with Crippen molar-refractivity contribution < 1.29 is 23.1 Å².